The highest BCUT2D eigenvalue weighted by Crippen LogP contribution is 2.24. The number of anilines is 2. The molecule has 0 aliphatic heterocycles. The number of aromatic nitrogens is 4. The normalized spacial score (nSPS) is 10.9. The van der Waals surface area contributed by atoms with Crippen molar-refractivity contribution in [3.8, 4) is 5.75 Å². The van der Waals surface area contributed by atoms with E-state index in [1.807, 2.05) is 24.7 Å². The number of carbonyl (C=O) groups excluding carboxylic acids is 1. The third-order valence-electron chi connectivity index (χ3n) is 4.60. The highest BCUT2D eigenvalue weighted by molar-refractivity contribution is 5.94. The first kappa shape index (κ1) is 21.2. The molecule has 2 aromatic heterocycles. The first-order chi connectivity index (χ1) is 14.4. The summed E-state index contributed by atoms with van der Waals surface area (Å²) in [6.45, 7) is 4.09. The lowest BCUT2D eigenvalue weighted by atomic mass is 10.0. The number of ether oxygens (including phenoxy) is 1. The van der Waals surface area contributed by atoms with Crippen LogP contribution in [0, 0.1) is 5.82 Å². The molecular weight excluding hydrogens is 387 g/mol. The minimum absolute atomic E-state index is 0.0452. The number of aryl methyl sites for hydroxylation is 2. The molecule has 158 valence electrons. The van der Waals surface area contributed by atoms with Crippen LogP contribution in [0.15, 0.2) is 36.9 Å². The molecule has 0 unspecified atom stereocenters. The van der Waals surface area contributed by atoms with E-state index in [9.17, 15) is 9.18 Å². The minimum atomic E-state index is -0.466. The summed E-state index contributed by atoms with van der Waals surface area (Å²) in [6, 6.07) is 3.20. The third-order valence-corrected chi connectivity index (χ3v) is 4.60. The SMILES string of the molecule is CNC(=O)c1cc(CCc2cnc(Nc3cnn(C(C)C)c3)nc2)c(F)c(OC)c1. The second-order valence-corrected chi connectivity index (χ2v) is 7.07. The molecule has 0 aliphatic rings. The quantitative estimate of drug-likeness (QED) is 0.590. The molecule has 8 nitrogen and oxygen atoms in total. The molecule has 1 amide bonds. The number of carbonyl (C=O) groups is 1. The van der Waals surface area contributed by atoms with Gasteiger partial charge in [0.1, 0.15) is 0 Å². The van der Waals surface area contributed by atoms with E-state index in [4.69, 9.17) is 4.74 Å². The average molecular weight is 412 g/mol. The van der Waals surface area contributed by atoms with Crippen LogP contribution < -0.4 is 15.4 Å². The second-order valence-electron chi connectivity index (χ2n) is 7.07. The topological polar surface area (TPSA) is 94.0 Å². The van der Waals surface area contributed by atoms with Crippen LogP contribution in [-0.4, -0.2) is 39.8 Å². The number of hydrogen-bond donors (Lipinski definition) is 2. The Kier molecular flexibility index (Phi) is 6.61. The third kappa shape index (κ3) is 4.91. The zero-order valence-electron chi connectivity index (χ0n) is 17.4. The second kappa shape index (κ2) is 9.34. The maximum absolute atomic E-state index is 14.6. The summed E-state index contributed by atoms with van der Waals surface area (Å²) >= 11 is 0. The Morgan fingerprint density at radius 2 is 1.93 bits per heavy atom. The molecule has 0 fully saturated rings. The standard InChI is InChI=1S/C21H25FN6O2/c1-13(2)28-12-17(11-26-28)27-21-24-9-14(10-25-21)5-6-15-7-16(20(29)23-3)8-18(30-4)19(15)22/h7-13H,5-6H2,1-4H3,(H,23,29)(H,24,25,27). The highest BCUT2D eigenvalue weighted by atomic mass is 19.1. The summed E-state index contributed by atoms with van der Waals surface area (Å²) in [4.78, 5) is 20.6. The van der Waals surface area contributed by atoms with Crippen molar-refractivity contribution in [1.29, 1.82) is 0 Å². The van der Waals surface area contributed by atoms with Crippen LogP contribution in [0.3, 0.4) is 0 Å². The number of nitrogens with one attached hydrogen (secondary N) is 2. The Morgan fingerprint density at radius 3 is 2.53 bits per heavy atom. The zero-order valence-corrected chi connectivity index (χ0v) is 17.4. The van der Waals surface area contributed by atoms with E-state index < -0.39 is 5.82 Å². The van der Waals surface area contributed by atoms with Gasteiger partial charge in [0.2, 0.25) is 5.95 Å². The molecule has 0 saturated heterocycles. The summed E-state index contributed by atoms with van der Waals surface area (Å²) < 4.78 is 21.5. The van der Waals surface area contributed by atoms with E-state index in [-0.39, 0.29) is 17.7 Å². The minimum Gasteiger partial charge on any atom is -0.494 e. The van der Waals surface area contributed by atoms with Crippen molar-refractivity contribution in [2.45, 2.75) is 32.7 Å². The number of amides is 1. The van der Waals surface area contributed by atoms with Gasteiger partial charge in [-0.25, -0.2) is 14.4 Å². The number of benzene rings is 1. The fraction of sp³-hybridized carbons (Fsp3) is 0.333. The van der Waals surface area contributed by atoms with Crippen molar-refractivity contribution < 1.29 is 13.9 Å². The number of methoxy groups -OCH3 is 1. The molecule has 0 saturated carbocycles. The van der Waals surface area contributed by atoms with E-state index in [1.165, 1.54) is 20.2 Å². The Labute approximate surface area is 174 Å². The van der Waals surface area contributed by atoms with E-state index in [1.54, 1.807) is 24.7 Å². The van der Waals surface area contributed by atoms with Crippen molar-refractivity contribution in [2.24, 2.45) is 0 Å². The highest BCUT2D eigenvalue weighted by Gasteiger charge is 2.15. The van der Waals surface area contributed by atoms with Crippen LogP contribution in [0.25, 0.3) is 0 Å². The first-order valence-corrected chi connectivity index (χ1v) is 9.61. The molecule has 9 heteroatoms. The van der Waals surface area contributed by atoms with E-state index in [2.05, 4.69) is 25.7 Å². The fourth-order valence-corrected chi connectivity index (χ4v) is 2.90. The van der Waals surface area contributed by atoms with E-state index in [0.29, 0.717) is 29.9 Å². The molecule has 0 bridgehead atoms. The summed E-state index contributed by atoms with van der Waals surface area (Å²) in [5.74, 6) is -0.263. The summed E-state index contributed by atoms with van der Waals surface area (Å²) in [5, 5.41) is 9.91. The molecular formula is C21H25FN6O2. The summed E-state index contributed by atoms with van der Waals surface area (Å²) in [5.41, 5.74) is 2.40. The smallest absolute Gasteiger partial charge is 0.251 e. The van der Waals surface area contributed by atoms with Crippen LogP contribution in [-0.2, 0) is 12.8 Å². The van der Waals surface area contributed by atoms with E-state index >= 15 is 0 Å². The van der Waals surface area contributed by atoms with Gasteiger partial charge >= 0.3 is 0 Å². The van der Waals surface area contributed by atoms with Gasteiger partial charge in [-0.15, -0.1) is 0 Å². The van der Waals surface area contributed by atoms with Crippen molar-refractivity contribution >= 4 is 17.5 Å². The predicted octanol–water partition coefficient (Wildman–Crippen LogP) is 3.29. The largest absolute Gasteiger partial charge is 0.494 e. The first-order valence-electron chi connectivity index (χ1n) is 9.61. The fourth-order valence-electron chi connectivity index (χ4n) is 2.90. The zero-order chi connectivity index (χ0) is 21.7. The molecule has 30 heavy (non-hydrogen) atoms. The molecule has 2 heterocycles. The van der Waals surface area contributed by atoms with Crippen LogP contribution in [0.2, 0.25) is 0 Å². The van der Waals surface area contributed by atoms with Gasteiger partial charge in [0.05, 0.1) is 19.0 Å². The molecule has 0 atom stereocenters. The van der Waals surface area contributed by atoms with Crippen LogP contribution >= 0.6 is 0 Å². The van der Waals surface area contributed by atoms with Gasteiger partial charge < -0.3 is 15.4 Å². The van der Waals surface area contributed by atoms with Crippen molar-refractivity contribution in [2.75, 3.05) is 19.5 Å². The molecule has 0 spiro atoms. The Hall–Kier alpha value is -3.49. The van der Waals surface area contributed by atoms with Crippen LogP contribution in [0.1, 0.15) is 41.4 Å². The van der Waals surface area contributed by atoms with Crippen molar-refractivity contribution in [3.05, 3.63) is 59.4 Å². The summed E-state index contributed by atoms with van der Waals surface area (Å²) in [7, 11) is 2.90. The Balaban J connectivity index is 1.68. The molecule has 3 aromatic rings. The molecule has 0 aliphatic carbocycles. The maximum Gasteiger partial charge on any atom is 0.251 e. The van der Waals surface area contributed by atoms with Crippen LogP contribution in [0.5, 0.6) is 5.75 Å². The van der Waals surface area contributed by atoms with Gasteiger partial charge in [0, 0.05) is 37.2 Å². The molecule has 3 rings (SSSR count). The van der Waals surface area contributed by atoms with Gasteiger partial charge in [-0.3, -0.25) is 9.48 Å². The number of halogens is 1. The van der Waals surface area contributed by atoms with Crippen molar-refractivity contribution in [3.63, 3.8) is 0 Å². The number of nitrogens with zero attached hydrogens (tertiary/aromatic N) is 4. The van der Waals surface area contributed by atoms with Crippen molar-refractivity contribution in [1.82, 2.24) is 25.1 Å². The average Bonchev–Trinajstić information content (AvgIpc) is 3.22. The molecule has 1 aromatic carbocycles. The monoisotopic (exact) mass is 412 g/mol. The van der Waals surface area contributed by atoms with E-state index in [0.717, 1.165) is 11.3 Å². The van der Waals surface area contributed by atoms with Gasteiger partial charge in [-0.05, 0) is 49.9 Å². The van der Waals surface area contributed by atoms with Crippen LogP contribution in [0.4, 0.5) is 16.0 Å². The molecule has 2 N–H and O–H groups in total. The molecule has 0 radical (unpaired) electrons. The van der Waals surface area contributed by atoms with Gasteiger partial charge in [0.25, 0.3) is 5.91 Å². The lowest BCUT2D eigenvalue weighted by Crippen LogP contribution is -2.18. The Bertz CT molecular complexity index is 1020. The van der Waals surface area contributed by atoms with Gasteiger partial charge in [0.15, 0.2) is 11.6 Å². The number of rotatable bonds is 8. The lowest BCUT2D eigenvalue weighted by Gasteiger charge is -2.11. The maximum atomic E-state index is 14.6. The summed E-state index contributed by atoms with van der Waals surface area (Å²) in [6.07, 6.45) is 7.89. The predicted molar refractivity (Wildman–Crippen MR) is 112 cm³/mol. The number of hydrogen-bond acceptors (Lipinski definition) is 6. The van der Waals surface area contributed by atoms with Gasteiger partial charge in [-0.2, -0.15) is 5.10 Å². The lowest BCUT2D eigenvalue weighted by molar-refractivity contribution is 0.0962. The Morgan fingerprint density at radius 1 is 1.20 bits per heavy atom. The van der Waals surface area contributed by atoms with Gasteiger partial charge in [-0.1, -0.05) is 0 Å².